The van der Waals surface area contributed by atoms with Crippen molar-refractivity contribution in [1.29, 1.82) is 0 Å². The number of fused-ring (bicyclic) bond motifs is 2. The Morgan fingerprint density at radius 2 is 1.59 bits per heavy atom. The number of oxime groups is 1. The Kier molecular flexibility index (Phi) is 20.5. The van der Waals surface area contributed by atoms with Crippen LogP contribution >= 0.6 is 0 Å². The molecule has 0 aromatic heterocycles. The minimum atomic E-state index is -1.44. The molecule has 0 radical (unpaired) electrons. The number of hydrogen-bond acceptors (Lipinski definition) is 10. The Morgan fingerprint density at radius 1 is 0.897 bits per heavy atom. The number of carbonyl (C=O) groups is 2. The van der Waals surface area contributed by atoms with Gasteiger partial charge in [-0.25, -0.2) is 4.39 Å². The zero-order valence-corrected chi connectivity index (χ0v) is 40.7. The summed E-state index contributed by atoms with van der Waals surface area (Å²) in [7, 11) is 1.52. The Morgan fingerprint density at radius 3 is 2.26 bits per heavy atom. The maximum Gasteiger partial charge on any atom is 0.239 e. The van der Waals surface area contributed by atoms with E-state index in [9.17, 15) is 19.4 Å². The average molecular weight is 939 g/mol. The maximum atomic E-state index is 15.1. The van der Waals surface area contributed by atoms with Crippen LogP contribution in [-0.2, 0) is 20.9 Å². The van der Waals surface area contributed by atoms with Crippen LogP contribution in [0.3, 0.4) is 0 Å². The number of hydrogen-bond donors (Lipinski definition) is 2. The molecule has 1 amide bonds. The van der Waals surface area contributed by atoms with Gasteiger partial charge in [0.05, 0.1) is 30.9 Å². The Labute approximate surface area is 403 Å². The monoisotopic (exact) mass is 939 g/mol. The maximum absolute atomic E-state index is 15.1. The molecule has 2 N–H and O–H groups in total. The summed E-state index contributed by atoms with van der Waals surface area (Å²) in [4.78, 5) is 34.9. The van der Waals surface area contributed by atoms with Gasteiger partial charge in [0.15, 0.2) is 6.29 Å². The number of carbonyl (C=O) groups excluding carboxylic acids is 2. The first-order valence-electron chi connectivity index (χ1n) is 25.3. The number of methoxy groups -OCH3 is 1. The molecule has 68 heavy (non-hydrogen) atoms. The molecule has 3 aliphatic rings. The summed E-state index contributed by atoms with van der Waals surface area (Å²) < 4.78 is 40.9. The zero-order chi connectivity index (χ0) is 48.3. The predicted octanol–water partition coefficient (Wildman–Crippen LogP) is 12.0. The number of aliphatic hydroxyl groups excluding tert-OH is 2. The van der Waals surface area contributed by atoms with Crippen LogP contribution in [0.1, 0.15) is 150 Å². The summed E-state index contributed by atoms with van der Waals surface area (Å²) in [6, 6.07) is 16.5. The molecule has 1 heterocycles. The number of nitrogens with zero attached hydrogens (tertiary/aromatic N) is 2. The normalized spacial score (nSPS) is 22.1. The van der Waals surface area contributed by atoms with E-state index in [1.165, 1.54) is 51.3 Å². The van der Waals surface area contributed by atoms with E-state index >= 15 is 4.79 Å². The first-order valence-corrected chi connectivity index (χ1v) is 25.3. The van der Waals surface area contributed by atoms with E-state index in [0.29, 0.717) is 60.1 Å². The summed E-state index contributed by atoms with van der Waals surface area (Å²) >= 11 is 0. The van der Waals surface area contributed by atoms with Gasteiger partial charge in [-0.1, -0.05) is 101 Å². The SMILES string of the molecule is C=CCOC12Oc3ccc(Oc4ccc(OC)c(C=O)c4)cc3C3C(CCCCO)C(CCCCO)C=C(C(=NOCC)CC1N(Cc1ccc(F)cc1)C(=O)CCCCCCCCCCC)C32. The standard InChI is InChI=1S/C56H75FN2O9/c1-5-8-9-10-11-12-13-14-15-22-53(63)59(38-40-23-25-43(57)26-24-40)52-37-49(58-66-7-3)47-35-41(20-16-18-31-60)46(21-17-19-32-61)54-48-36-45(67-44-27-29-50(64-4)42(34-44)39-62)28-30-51(48)68-56(52,55(47)54)65-33-6-2/h6,23-30,34-36,39,41,46,52,54-55,60-61H,2,5,7-22,31-33,37-38H2,1,3-4H3. The quantitative estimate of drug-likeness (QED) is 0.0290. The molecule has 2 aliphatic carbocycles. The third-order valence-corrected chi connectivity index (χ3v) is 14.0. The van der Waals surface area contributed by atoms with Crippen LogP contribution in [0.2, 0.25) is 0 Å². The zero-order valence-electron chi connectivity index (χ0n) is 40.7. The highest BCUT2D eigenvalue weighted by Crippen LogP contribution is 2.62. The van der Waals surface area contributed by atoms with Crippen molar-refractivity contribution in [3.63, 3.8) is 0 Å². The van der Waals surface area contributed by atoms with Gasteiger partial charge in [0.2, 0.25) is 11.7 Å². The fourth-order valence-corrected chi connectivity index (χ4v) is 10.7. The van der Waals surface area contributed by atoms with E-state index < -0.39 is 17.7 Å². The van der Waals surface area contributed by atoms with Gasteiger partial charge in [-0.3, -0.25) is 9.59 Å². The van der Waals surface area contributed by atoms with E-state index in [2.05, 4.69) is 19.6 Å². The highest BCUT2D eigenvalue weighted by atomic mass is 19.1. The number of halogens is 1. The summed E-state index contributed by atoms with van der Waals surface area (Å²) in [5.74, 6) is -0.517. The van der Waals surface area contributed by atoms with Crippen molar-refractivity contribution in [2.24, 2.45) is 22.9 Å². The molecular formula is C56H75FN2O9. The van der Waals surface area contributed by atoms with Crippen molar-refractivity contribution in [2.45, 2.75) is 147 Å². The van der Waals surface area contributed by atoms with Crippen molar-refractivity contribution < 1.29 is 48.0 Å². The molecule has 6 rings (SSSR count). The van der Waals surface area contributed by atoms with Crippen LogP contribution in [0.15, 0.2) is 90.1 Å². The van der Waals surface area contributed by atoms with Crippen LogP contribution in [-0.4, -0.2) is 78.4 Å². The van der Waals surface area contributed by atoms with Gasteiger partial charge in [0.1, 0.15) is 41.5 Å². The van der Waals surface area contributed by atoms with Crippen LogP contribution in [0.25, 0.3) is 0 Å². The molecule has 1 saturated carbocycles. The number of aldehydes is 1. The lowest BCUT2D eigenvalue weighted by Crippen LogP contribution is -2.70. The minimum Gasteiger partial charge on any atom is -0.496 e. The lowest BCUT2D eigenvalue weighted by Gasteiger charge is -2.60. The molecule has 6 unspecified atom stereocenters. The van der Waals surface area contributed by atoms with Crippen LogP contribution in [0.4, 0.5) is 4.39 Å². The predicted molar refractivity (Wildman–Crippen MR) is 264 cm³/mol. The fraction of sp³-hybridized carbons (Fsp3) is 0.554. The van der Waals surface area contributed by atoms with Gasteiger partial charge in [-0.2, -0.15) is 0 Å². The number of amides is 1. The molecular weight excluding hydrogens is 864 g/mol. The lowest BCUT2D eigenvalue weighted by molar-refractivity contribution is -0.258. The number of ether oxygens (including phenoxy) is 4. The third-order valence-electron chi connectivity index (χ3n) is 14.0. The molecule has 0 bridgehead atoms. The number of benzene rings is 3. The van der Waals surface area contributed by atoms with Gasteiger partial charge >= 0.3 is 0 Å². The Bertz CT molecular complexity index is 2140. The van der Waals surface area contributed by atoms with Crippen molar-refractivity contribution >= 4 is 17.9 Å². The molecule has 1 aliphatic heterocycles. The number of allylic oxidation sites excluding steroid dienone is 1. The molecule has 12 heteroatoms. The summed E-state index contributed by atoms with van der Waals surface area (Å²) in [5.41, 5.74) is 3.69. The first kappa shape index (κ1) is 52.3. The lowest BCUT2D eigenvalue weighted by atomic mass is 9.55. The van der Waals surface area contributed by atoms with E-state index in [1.807, 2.05) is 30.0 Å². The van der Waals surface area contributed by atoms with E-state index in [1.54, 1.807) is 36.4 Å². The van der Waals surface area contributed by atoms with E-state index in [4.69, 9.17) is 28.9 Å². The van der Waals surface area contributed by atoms with Crippen LogP contribution < -0.4 is 14.2 Å². The Balaban J connectivity index is 1.50. The highest BCUT2D eigenvalue weighted by Gasteiger charge is 2.65. The summed E-state index contributed by atoms with van der Waals surface area (Å²) in [5, 5.41) is 24.8. The Hall–Kier alpha value is -5.04. The van der Waals surface area contributed by atoms with Gasteiger partial charge in [-0.15, -0.1) is 6.58 Å². The van der Waals surface area contributed by atoms with Crippen molar-refractivity contribution in [2.75, 3.05) is 33.5 Å². The second kappa shape index (κ2) is 26.6. The topological polar surface area (TPSA) is 136 Å². The average Bonchev–Trinajstić information content (AvgIpc) is 3.35. The van der Waals surface area contributed by atoms with Crippen LogP contribution in [0.5, 0.6) is 23.0 Å². The second-order valence-electron chi connectivity index (χ2n) is 18.5. The van der Waals surface area contributed by atoms with Crippen molar-refractivity contribution in [3.05, 3.63) is 107 Å². The number of aliphatic hydroxyl groups is 2. The summed E-state index contributed by atoms with van der Waals surface area (Å²) in [6.07, 6.45) is 19.9. The molecule has 11 nitrogen and oxygen atoms in total. The molecule has 3 aromatic carbocycles. The smallest absolute Gasteiger partial charge is 0.239 e. The number of unbranched alkanes of at least 4 members (excludes halogenated alkanes) is 10. The van der Waals surface area contributed by atoms with Crippen molar-refractivity contribution in [3.8, 4) is 23.0 Å². The van der Waals surface area contributed by atoms with E-state index in [0.717, 1.165) is 74.4 Å². The molecule has 1 fully saturated rings. The number of rotatable bonds is 30. The minimum absolute atomic E-state index is 0.0107. The highest BCUT2D eigenvalue weighted by molar-refractivity contribution is 6.03. The largest absolute Gasteiger partial charge is 0.496 e. The molecule has 0 saturated heterocycles. The third kappa shape index (κ3) is 13.0. The van der Waals surface area contributed by atoms with Gasteiger partial charge in [-0.05, 0) is 111 Å². The molecule has 6 atom stereocenters. The second-order valence-corrected chi connectivity index (χ2v) is 18.5. The van der Waals surface area contributed by atoms with Gasteiger partial charge < -0.3 is 38.9 Å². The van der Waals surface area contributed by atoms with Gasteiger partial charge in [0, 0.05) is 44.1 Å². The first-order chi connectivity index (χ1) is 33.2. The van der Waals surface area contributed by atoms with Crippen molar-refractivity contribution in [1.82, 2.24) is 4.90 Å². The molecule has 370 valence electrons. The van der Waals surface area contributed by atoms with Crippen LogP contribution in [0, 0.1) is 23.6 Å². The fourth-order valence-electron chi connectivity index (χ4n) is 10.7. The summed E-state index contributed by atoms with van der Waals surface area (Å²) in [6.45, 7) is 9.01. The molecule has 0 spiro atoms. The van der Waals surface area contributed by atoms with E-state index in [-0.39, 0.29) is 62.3 Å². The van der Waals surface area contributed by atoms with Gasteiger partial charge in [0.25, 0.3) is 0 Å². The molecule has 3 aromatic rings.